The Morgan fingerprint density at radius 3 is 2.89 bits per heavy atom. The van der Waals surface area contributed by atoms with Crippen molar-refractivity contribution in [3.8, 4) is 0 Å². The summed E-state index contributed by atoms with van der Waals surface area (Å²) >= 11 is 5.65. The lowest BCUT2D eigenvalue weighted by molar-refractivity contribution is 0.559. The van der Waals surface area contributed by atoms with Gasteiger partial charge in [0.1, 0.15) is 12.1 Å². The minimum Gasteiger partial charge on any atom is -0.305 e. The zero-order chi connectivity index (χ0) is 13.0. The van der Waals surface area contributed by atoms with Gasteiger partial charge in [-0.1, -0.05) is 17.7 Å². The Balaban J connectivity index is 1.99. The largest absolute Gasteiger partial charge is 0.305 e. The fourth-order valence-corrected chi connectivity index (χ4v) is 1.70. The van der Waals surface area contributed by atoms with E-state index in [1.165, 1.54) is 12.4 Å². The minimum absolute atomic E-state index is 0.0201. The highest BCUT2D eigenvalue weighted by molar-refractivity contribution is 6.30. The quantitative estimate of drug-likeness (QED) is 0.923. The minimum atomic E-state index is -0.398. The normalized spacial score (nSPS) is 12.4. The van der Waals surface area contributed by atoms with Crippen molar-refractivity contribution in [3.63, 3.8) is 0 Å². The van der Waals surface area contributed by atoms with Gasteiger partial charge in [-0.05, 0) is 30.7 Å². The van der Waals surface area contributed by atoms with Crippen LogP contribution in [0.4, 0.5) is 4.39 Å². The van der Waals surface area contributed by atoms with E-state index in [-0.39, 0.29) is 11.1 Å². The number of rotatable bonds is 4. The maximum atomic E-state index is 13.3. The van der Waals surface area contributed by atoms with Crippen molar-refractivity contribution >= 4 is 11.6 Å². The van der Waals surface area contributed by atoms with Gasteiger partial charge in [0.2, 0.25) is 0 Å². The van der Waals surface area contributed by atoms with Gasteiger partial charge in [0.15, 0.2) is 0 Å². The monoisotopic (exact) mass is 265 g/mol. The van der Waals surface area contributed by atoms with E-state index < -0.39 is 5.82 Å². The van der Waals surface area contributed by atoms with E-state index in [4.69, 9.17) is 11.6 Å². The van der Waals surface area contributed by atoms with Crippen LogP contribution in [0.15, 0.2) is 36.8 Å². The first-order valence-electron chi connectivity index (χ1n) is 5.60. The average Bonchev–Trinajstić information content (AvgIpc) is 2.40. The van der Waals surface area contributed by atoms with E-state index in [9.17, 15) is 4.39 Å². The molecule has 3 nitrogen and oxygen atoms in total. The zero-order valence-corrected chi connectivity index (χ0v) is 10.7. The van der Waals surface area contributed by atoms with Gasteiger partial charge in [0.05, 0.1) is 10.7 Å². The van der Waals surface area contributed by atoms with Crippen molar-refractivity contribution in [2.24, 2.45) is 0 Å². The first-order valence-corrected chi connectivity index (χ1v) is 5.98. The Kier molecular flexibility index (Phi) is 4.23. The van der Waals surface area contributed by atoms with Crippen LogP contribution in [0.2, 0.25) is 5.02 Å². The van der Waals surface area contributed by atoms with E-state index >= 15 is 0 Å². The van der Waals surface area contributed by atoms with E-state index in [0.717, 1.165) is 11.3 Å². The predicted octanol–water partition coefficient (Wildman–Crippen LogP) is 3.12. The van der Waals surface area contributed by atoms with Crippen molar-refractivity contribution in [1.29, 1.82) is 0 Å². The van der Waals surface area contributed by atoms with E-state index in [0.29, 0.717) is 6.54 Å². The summed E-state index contributed by atoms with van der Waals surface area (Å²) in [6, 6.07) is 6.67. The van der Waals surface area contributed by atoms with Crippen LogP contribution in [0.5, 0.6) is 0 Å². The molecule has 0 aliphatic carbocycles. The smallest absolute Gasteiger partial charge is 0.142 e. The van der Waals surface area contributed by atoms with Crippen LogP contribution in [0.1, 0.15) is 24.2 Å². The van der Waals surface area contributed by atoms with Crippen molar-refractivity contribution in [1.82, 2.24) is 15.3 Å². The molecule has 0 aliphatic heterocycles. The Morgan fingerprint density at radius 1 is 1.39 bits per heavy atom. The second-order valence-corrected chi connectivity index (χ2v) is 4.38. The summed E-state index contributed by atoms with van der Waals surface area (Å²) in [7, 11) is 0. The molecule has 1 atom stereocenters. The summed E-state index contributed by atoms with van der Waals surface area (Å²) in [6.07, 6.45) is 3.19. The van der Waals surface area contributed by atoms with Crippen LogP contribution in [-0.2, 0) is 6.54 Å². The lowest BCUT2D eigenvalue weighted by Gasteiger charge is -2.14. The lowest BCUT2D eigenvalue weighted by atomic mass is 10.1. The number of benzene rings is 1. The number of nitrogens with one attached hydrogen (secondary N) is 1. The molecule has 2 aromatic rings. The van der Waals surface area contributed by atoms with Gasteiger partial charge in [-0.2, -0.15) is 0 Å². The maximum absolute atomic E-state index is 13.3. The molecule has 0 bridgehead atoms. The van der Waals surface area contributed by atoms with Crippen LogP contribution >= 0.6 is 11.6 Å². The number of aromatic nitrogens is 2. The van der Waals surface area contributed by atoms with Gasteiger partial charge in [-0.15, -0.1) is 0 Å². The number of hydrogen-bond donors (Lipinski definition) is 1. The molecule has 0 saturated heterocycles. The van der Waals surface area contributed by atoms with E-state index in [1.54, 1.807) is 12.3 Å². The zero-order valence-electron chi connectivity index (χ0n) is 9.90. The second kappa shape index (κ2) is 5.89. The fourth-order valence-electron chi connectivity index (χ4n) is 1.58. The van der Waals surface area contributed by atoms with Crippen molar-refractivity contribution < 1.29 is 4.39 Å². The van der Waals surface area contributed by atoms with Gasteiger partial charge >= 0.3 is 0 Å². The van der Waals surface area contributed by atoms with E-state index in [1.807, 2.05) is 19.1 Å². The summed E-state index contributed by atoms with van der Waals surface area (Å²) in [4.78, 5) is 7.96. The summed E-state index contributed by atoms with van der Waals surface area (Å²) in [5.74, 6) is -0.398. The Hall–Kier alpha value is -1.52. The number of nitrogens with zero attached hydrogens (tertiary/aromatic N) is 2. The molecule has 0 saturated carbocycles. The lowest BCUT2D eigenvalue weighted by Crippen LogP contribution is -2.18. The first-order chi connectivity index (χ1) is 8.66. The number of halogens is 2. The highest BCUT2D eigenvalue weighted by Crippen LogP contribution is 2.20. The third-order valence-corrected chi connectivity index (χ3v) is 2.98. The van der Waals surface area contributed by atoms with Gasteiger partial charge in [-0.3, -0.25) is 0 Å². The molecule has 5 heteroatoms. The van der Waals surface area contributed by atoms with Crippen molar-refractivity contribution in [2.45, 2.75) is 19.5 Å². The van der Waals surface area contributed by atoms with E-state index in [2.05, 4.69) is 15.3 Å². The Morgan fingerprint density at radius 2 is 2.22 bits per heavy atom. The highest BCUT2D eigenvalue weighted by Gasteiger charge is 2.08. The third kappa shape index (κ3) is 3.24. The number of hydrogen-bond acceptors (Lipinski definition) is 3. The van der Waals surface area contributed by atoms with Gasteiger partial charge in [0.25, 0.3) is 0 Å². The molecule has 1 N–H and O–H groups in total. The highest BCUT2D eigenvalue weighted by atomic mass is 35.5. The van der Waals surface area contributed by atoms with Gasteiger partial charge < -0.3 is 5.32 Å². The topological polar surface area (TPSA) is 37.8 Å². The first kappa shape index (κ1) is 12.9. The van der Waals surface area contributed by atoms with Crippen LogP contribution in [-0.4, -0.2) is 9.97 Å². The molecular weight excluding hydrogens is 253 g/mol. The fraction of sp³-hybridized carbons (Fsp3) is 0.231. The molecule has 1 unspecified atom stereocenters. The van der Waals surface area contributed by atoms with Crippen LogP contribution in [0.3, 0.4) is 0 Å². The molecule has 0 fully saturated rings. The second-order valence-electron chi connectivity index (χ2n) is 3.98. The molecule has 94 valence electrons. The van der Waals surface area contributed by atoms with Crippen LogP contribution in [0, 0.1) is 5.82 Å². The van der Waals surface area contributed by atoms with Gasteiger partial charge in [0, 0.05) is 18.8 Å². The predicted molar refractivity (Wildman–Crippen MR) is 68.7 cm³/mol. The molecule has 18 heavy (non-hydrogen) atoms. The average molecular weight is 266 g/mol. The van der Waals surface area contributed by atoms with Crippen LogP contribution in [0.25, 0.3) is 0 Å². The summed E-state index contributed by atoms with van der Waals surface area (Å²) in [6.45, 7) is 2.57. The summed E-state index contributed by atoms with van der Waals surface area (Å²) in [5.41, 5.74) is 1.75. The van der Waals surface area contributed by atoms with Crippen LogP contribution < -0.4 is 5.32 Å². The third-order valence-electron chi connectivity index (χ3n) is 2.68. The molecule has 2 rings (SSSR count). The molecule has 1 aromatic heterocycles. The molecule has 0 amide bonds. The van der Waals surface area contributed by atoms with Gasteiger partial charge in [-0.25, -0.2) is 14.4 Å². The standard InChI is InChI=1S/C13H13ClFN3/c1-9(10-2-3-12(14)13(15)6-10)17-7-11-4-5-16-8-18-11/h2-6,8-9,17H,7H2,1H3. The molecule has 1 heterocycles. The van der Waals surface area contributed by atoms with Crippen molar-refractivity contribution in [3.05, 3.63) is 58.9 Å². The maximum Gasteiger partial charge on any atom is 0.142 e. The molecular formula is C13H13ClFN3. The Bertz CT molecular complexity index is 519. The molecule has 0 spiro atoms. The molecule has 0 radical (unpaired) electrons. The molecule has 0 aliphatic rings. The molecule has 1 aromatic carbocycles. The SMILES string of the molecule is CC(NCc1ccncn1)c1ccc(Cl)c(F)c1. The summed E-state index contributed by atoms with van der Waals surface area (Å²) in [5, 5.41) is 3.40. The summed E-state index contributed by atoms with van der Waals surface area (Å²) < 4.78 is 13.3. The van der Waals surface area contributed by atoms with Crippen molar-refractivity contribution in [2.75, 3.05) is 0 Å². The Labute approximate surface area is 110 Å².